The first-order valence-electron chi connectivity index (χ1n) is 10.3. The van der Waals surface area contributed by atoms with Crippen LogP contribution in [-0.4, -0.2) is 17.3 Å². The van der Waals surface area contributed by atoms with E-state index in [2.05, 4.69) is 39.1 Å². The second kappa shape index (κ2) is 9.37. The molecule has 0 fully saturated rings. The highest BCUT2D eigenvalue weighted by Crippen LogP contribution is 2.48. The van der Waals surface area contributed by atoms with Crippen LogP contribution < -0.4 is 19.9 Å². The molecule has 1 aromatic heterocycles. The first kappa shape index (κ1) is 21.8. The minimum absolute atomic E-state index is 0.0428. The van der Waals surface area contributed by atoms with Gasteiger partial charge in [-0.25, -0.2) is 0 Å². The van der Waals surface area contributed by atoms with Gasteiger partial charge in [0.1, 0.15) is 18.2 Å². The highest BCUT2D eigenvalue weighted by molar-refractivity contribution is 9.10. The maximum Gasteiger partial charge on any atom is 0.244 e. The second-order valence-corrected chi connectivity index (χ2v) is 8.31. The van der Waals surface area contributed by atoms with Crippen LogP contribution in [0.5, 0.6) is 17.4 Å². The molecule has 2 aromatic carbocycles. The highest BCUT2D eigenvalue weighted by atomic mass is 79.9. The lowest BCUT2D eigenvalue weighted by Gasteiger charge is -2.26. The van der Waals surface area contributed by atoms with Crippen molar-refractivity contribution in [1.82, 2.24) is 10.2 Å². The lowest BCUT2D eigenvalue weighted by atomic mass is 9.83. The molecule has 8 heteroatoms. The molecule has 0 bridgehead atoms. The number of para-hydroxylation sites is 1. The number of benzene rings is 2. The quantitative estimate of drug-likeness (QED) is 0.482. The van der Waals surface area contributed by atoms with Crippen LogP contribution in [0.15, 0.2) is 58.4 Å². The van der Waals surface area contributed by atoms with E-state index in [1.54, 1.807) is 7.11 Å². The molecule has 0 aliphatic carbocycles. The summed E-state index contributed by atoms with van der Waals surface area (Å²) in [6, 6.07) is 15.8. The van der Waals surface area contributed by atoms with E-state index < -0.39 is 5.92 Å². The highest BCUT2D eigenvalue weighted by Gasteiger charge is 2.37. The molecule has 1 aliphatic rings. The molecule has 1 unspecified atom stereocenters. The Kier molecular flexibility index (Phi) is 6.37. The number of nitrogens with one attached hydrogen (secondary N) is 1. The normalized spacial score (nSPS) is 15.0. The van der Waals surface area contributed by atoms with E-state index in [9.17, 15) is 5.26 Å². The standard InChI is InChI=1S/C24H23BrN4O3/c1-3-5-18-21-20(17(12-26)23(27)32-24(21)29-28-18)16-6-4-7-19(30-2)22(16)31-13-14-8-10-15(25)11-9-14/h4,6-11,20H,3,5,13,27H2,1-2H3,(H,28,29). The average Bonchev–Trinajstić information content (AvgIpc) is 3.19. The Morgan fingerprint density at radius 1 is 1.25 bits per heavy atom. The molecule has 1 aliphatic heterocycles. The van der Waals surface area contributed by atoms with Gasteiger partial charge in [0.25, 0.3) is 0 Å². The second-order valence-electron chi connectivity index (χ2n) is 7.39. The van der Waals surface area contributed by atoms with Gasteiger partial charge in [-0.3, -0.25) is 5.10 Å². The van der Waals surface area contributed by atoms with Crippen LogP contribution in [0.2, 0.25) is 0 Å². The zero-order valence-corrected chi connectivity index (χ0v) is 19.4. The molecule has 2 heterocycles. The summed E-state index contributed by atoms with van der Waals surface area (Å²) in [5.41, 5.74) is 9.92. The fourth-order valence-electron chi connectivity index (χ4n) is 3.87. The van der Waals surface area contributed by atoms with Crippen molar-refractivity contribution in [3.63, 3.8) is 0 Å². The number of aromatic amines is 1. The van der Waals surface area contributed by atoms with Crippen molar-refractivity contribution in [1.29, 1.82) is 5.26 Å². The predicted octanol–water partition coefficient (Wildman–Crippen LogP) is 4.93. The number of allylic oxidation sites excluding steroid dienone is 1. The molecule has 7 nitrogen and oxygen atoms in total. The predicted molar refractivity (Wildman–Crippen MR) is 123 cm³/mol. The Bertz CT molecular complexity index is 1190. The van der Waals surface area contributed by atoms with Gasteiger partial charge in [0, 0.05) is 15.7 Å². The Morgan fingerprint density at radius 3 is 2.72 bits per heavy atom. The third kappa shape index (κ3) is 4.04. The van der Waals surface area contributed by atoms with Crippen molar-refractivity contribution in [2.24, 2.45) is 5.73 Å². The van der Waals surface area contributed by atoms with Crippen molar-refractivity contribution in [3.05, 3.63) is 80.8 Å². The summed E-state index contributed by atoms with van der Waals surface area (Å²) in [6.07, 6.45) is 1.67. The smallest absolute Gasteiger partial charge is 0.244 e. The number of rotatable bonds is 7. The maximum absolute atomic E-state index is 9.95. The molecule has 32 heavy (non-hydrogen) atoms. The maximum atomic E-state index is 9.95. The number of hydrogen-bond donors (Lipinski definition) is 2. The van der Waals surface area contributed by atoms with Crippen molar-refractivity contribution in [2.45, 2.75) is 32.3 Å². The van der Waals surface area contributed by atoms with Crippen LogP contribution in [-0.2, 0) is 13.0 Å². The van der Waals surface area contributed by atoms with Crippen LogP contribution >= 0.6 is 15.9 Å². The van der Waals surface area contributed by atoms with E-state index in [-0.39, 0.29) is 5.88 Å². The average molecular weight is 495 g/mol. The minimum atomic E-state index is -0.487. The van der Waals surface area contributed by atoms with Gasteiger partial charge in [-0.15, -0.1) is 5.10 Å². The van der Waals surface area contributed by atoms with Crippen molar-refractivity contribution in [2.75, 3.05) is 7.11 Å². The molecule has 1 atom stereocenters. The molecule has 164 valence electrons. The zero-order chi connectivity index (χ0) is 22.7. The van der Waals surface area contributed by atoms with Gasteiger partial charge in [0.05, 0.1) is 18.6 Å². The fourth-order valence-corrected chi connectivity index (χ4v) is 4.14. The molecular weight excluding hydrogens is 472 g/mol. The third-order valence-electron chi connectivity index (χ3n) is 5.35. The van der Waals surface area contributed by atoms with E-state index in [0.717, 1.165) is 39.7 Å². The summed E-state index contributed by atoms with van der Waals surface area (Å²) in [7, 11) is 1.59. The summed E-state index contributed by atoms with van der Waals surface area (Å²) in [4.78, 5) is 0. The van der Waals surface area contributed by atoms with Gasteiger partial charge in [0.15, 0.2) is 11.5 Å². The van der Waals surface area contributed by atoms with Gasteiger partial charge >= 0.3 is 0 Å². The minimum Gasteiger partial charge on any atom is -0.493 e. The molecule has 4 rings (SSSR count). The molecule has 3 N–H and O–H groups in total. The topological polar surface area (TPSA) is 106 Å². The molecule has 3 aromatic rings. The van der Waals surface area contributed by atoms with E-state index in [4.69, 9.17) is 19.9 Å². The number of H-pyrrole nitrogens is 1. The number of nitriles is 1. The van der Waals surface area contributed by atoms with E-state index in [1.165, 1.54) is 0 Å². The largest absolute Gasteiger partial charge is 0.493 e. The van der Waals surface area contributed by atoms with Crippen LogP contribution in [0.3, 0.4) is 0 Å². The molecular formula is C24H23BrN4O3. The van der Waals surface area contributed by atoms with Crippen molar-refractivity contribution < 1.29 is 14.2 Å². The number of ether oxygens (including phenoxy) is 3. The fraction of sp³-hybridized carbons (Fsp3) is 0.250. The van der Waals surface area contributed by atoms with Crippen molar-refractivity contribution in [3.8, 4) is 23.4 Å². The molecule has 0 saturated heterocycles. The third-order valence-corrected chi connectivity index (χ3v) is 5.88. The SMILES string of the molecule is CCCc1[nH]nc2c1C(c1cccc(OC)c1OCc1ccc(Br)cc1)C(C#N)=C(N)O2. The Balaban J connectivity index is 1.82. The van der Waals surface area contributed by atoms with Gasteiger partial charge in [-0.1, -0.05) is 53.5 Å². The zero-order valence-electron chi connectivity index (χ0n) is 17.8. The molecule has 0 spiro atoms. The number of nitrogens with two attached hydrogens (primary N) is 1. The number of aromatic nitrogens is 2. The van der Waals surface area contributed by atoms with Crippen LogP contribution in [0.1, 0.15) is 41.6 Å². The summed E-state index contributed by atoms with van der Waals surface area (Å²) in [5, 5.41) is 17.3. The number of nitrogens with zero attached hydrogens (tertiary/aromatic N) is 2. The Labute approximate surface area is 194 Å². The van der Waals surface area contributed by atoms with Gasteiger partial charge < -0.3 is 19.9 Å². The number of aryl methyl sites for hydroxylation is 1. The van der Waals surface area contributed by atoms with E-state index in [0.29, 0.717) is 29.6 Å². The molecule has 0 amide bonds. The number of fused-ring (bicyclic) bond motifs is 1. The summed E-state index contributed by atoms with van der Waals surface area (Å²) in [6.45, 7) is 2.42. The number of halogens is 1. The number of methoxy groups -OCH3 is 1. The molecule has 0 radical (unpaired) electrons. The summed E-state index contributed by atoms with van der Waals surface area (Å²) in [5.74, 6) is 1.07. The van der Waals surface area contributed by atoms with E-state index in [1.807, 2.05) is 42.5 Å². The van der Waals surface area contributed by atoms with Crippen LogP contribution in [0.4, 0.5) is 0 Å². The Hall–Kier alpha value is -3.44. The van der Waals surface area contributed by atoms with Gasteiger partial charge in [-0.2, -0.15) is 5.26 Å². The van der Waals surface area contributed by atoms with Gasteiger partial charge in [0.2, 0.25) is 11.8 Å². The Morgan fingerprint density at radius 2 is 2.03 bits per heavy atom. The van der Waals surface area contributed by atoms with Crippen molar-refractivity contribution >= 4 is 15.9 Å². The van der Waals surface area contributed by atoms with Crippen LogP contribution in [0.25, 0.3) is 0 Å². The van der Waals surface area contributed by atoms with E-state index >= 15 is 0 Å². The molecule has 0 saturated carbocycles. The first-order chi connectivity index (χ1) is 15.6. The summed E-state index contributed by atoms with van der Waals surface area (Å²) < 4.78 is 18.5. The lowest BCUT2D eigenvalue weighted by Crippen LogP contribution is -2.22. The van der Waals surface area contributed by atoms with Gasteiger partial charge in [-0.05, 0) is 30.2 Å². The van der Waals surface area contributed by atoms with Crippen LogP contribution in [0, 0.1) is 11.3 Å². The summed E-state index contributed by atoms with van der Waals surface area (Å²) >= 11 is 3.45. The monoisotopic (exact) mass is 494 g/mol. The number of hydrogen-bond acceptors (Lipinski definition) is 6. The lowest BCUT2D eigenvalue weighted by molar-refractivity contribution is 0.280. The first-order valence-corrected chi connectivity index (χ1v) is 11.1.